The van der Waals surface area contributed by atoms with Crippen LogP contribution in [0, 0.1) is 5.92 Å². The van der Waals surface area contributed by atoms with E-state index in [1.54, 1.807) is 12.4 Å². The molecule has 4 heteroatoms. The fourth-order valence-electron chi connectivity index (χ4n) is 1.24. The van der Waals surface area contributed by atoms with Crippen molar-refractivity contribution in [3.63, 3.8) is 0 Å². The number of carbonyl (C=O) groups is 1. The third kappa shape index (κ3) is 4.89. The number of aromatic nitrogens is 1. The first kappa shape index (κ1) is 12.6. The molecule has 0 aliphatic heterocycles. The number of carbonyl (C=O) groups excluding carboxylic acids is 1. The van der Waals surface area contributed by atoms with Gasteiger partial charge in [0.05, 0.1) is 0 Å². The Morgan fingerprint density at radius 3 is 3.06 bits per heavy atom. The zero-order valence-corrected chi connectivity index (χ0v) is 9.52. The van der Waals surface area contributed by atoms with Crippen molar-refractivity contribution >= 4 is 5.91 Å². The summed E-state index contributed by atoms with van der Waals surface area (Å²) in [6.07, 6.45) is 4.65. The number of aryl methyl sites for hydroxylation is 1. The summed E-state index contributed by atoms with van der Waals surface area (Å²) in [4.78, 5) is 15.4. The maximum atomic E-state index is 11.4. The molecule has 0 fully saturated rings. The average molecular weight is 222 g/mol. The van der Waals surface area contributed by atoms with Crippen LogP contribution in [0.4, 0.5) is 0 Å². The molecule has 0 saturated carbocycles. The van der Waals surface area contributed by atoms with Gasteiger partial charge in [0, 0.05) is 32.0 Å². The van der Waals surface area contributed by atoms with Crippen molar-refractivity contribution in [3.05, 3.63) is 30.1 Å². The number of amides is 1. The lowest BCUT2D eigenvalue weighted by Gasteiger charge is -2.09. The van der Waals surface area contributed by atoms with Crippen LogP contribution >= 0.6 is 0 Å². The molecule has 4 nitrogen and oxygen atoms in total. The van der Waals surface area contributed by atoms with Crippen molar-refractivity contribution in [3.8, 4) is 0 Å². The van der Waals surface area contributed by atoms with Gasteiger partial charge in [0.1, 0.15) is 0 Å². The van der Waals surface area contributed by atoms with Crippen molar-refractivity contribution in [1.82, 2.24) is 10.3 Å². The number of nitrogens with zero attached hydrogens (tertiary/aromatic N) is 1. The van der Waals surface area contributed by atoms with Crippen LogP contribution in [0.15, 0.2) is 24.5 Å². The van der Waals surface area contributed by atoms with Crippen molar-refractivity contribution in [1.29, 1.82) is 0 Å². The summed E-state index contributed by atoms with van der Waals surface area (Å²) in [7, 11) is 0. The highest BCUT2D eigenvalue weighted by atomic mass is 16.3. The van der Waals surface area contributed by atoms with Gasteiger partial charge < -0.3 is 10.4 Å². The van der Waals surface area contributed by atoms with Crippen LogP contribution in [0.2, 0.25) is 0 Å². The predicted molar refractivity (Wildman–Crippen MR) is 61.8 cm³/mol. The Balaban J connectivity index is 2.20. The normalized spacial score (nSPS) is 12.1. The highest BCUT2D eigenvalue weighted by Gasteiger charge is 2.04. The van der Waals surface area contributed by atoms with Gasteiger partial charge in [-0.3, -0.25) is 9.78 Å². The summed E-state index contributed by atoms with van der Waals surface area (Å²) in [5.74, 6) is 0.131. The summed E-state index contributed by atoms with van der Waals surface area (Å²) < 4.78 is 0. The molecule has 0 spiro atoms. The molecule has 1 heterocycles. The van der Waals surface area contributed by atoms with Gasteiger partial charge in [-0.15, -0.1) is 0 Å². The second kappa shape index (κ2) is 6.95. The minimum atomic E-state index is 0.0177. The second-order valence-electron chi connectivity index (χ2n) is 3.95. The number of hydrogen-bond acceptors (Lipinski definition) is 3. The van der Waals surface area contributed by atoms with E-state index in [1.807, 2.05) is 19.1 Å². The number of pyridine rings is 1. The van der Waals surface area contributed by atoms with Gasteiger partial charge >= 0.3 is 0 Å². The Morgan fingerprint density at radius 1 is 1.62 bits per heavy atom. The van der Waals surface area contributed by atoms with E-state index in [0.717, 1.165) is 5.56 Å². The molecule has 0 saturated heterocycles. The number of hydrogen-bond donors (Lipinski definition) is 2. The Labute approximate surface area is 95.7 Å². The number of rotatable bonds is 6. The van der Waals surface area contributed by atoms with Crippen LogP contribution in [-0.2, 0) is 11.2 Å². The van der Waals surface area contributed by atoms with Gasteiger partial charge in [-0.05, 0) is 24.0 Å². The van der Waals surface area contributed by atoms with Gasteiger partial charge in [-0.1, -0.05) is 13.0 Å². The van der Waals surface area contributed by atoms with E-state index in [0.29, 0.717) is 19.4 Å². The molecular weight excluding hydrogens is 204 g/mol. The molecule has 1 amide bonds. The predicted octanol–water partition coefficient (Wildman–Crippen LogP) is 0.759. The molecule has 1 unspecified atom stereocenters. The van der Waals surface area contributed by atoms with E-state index in [9.17, 15) is 4.79 Å². The lowest BCUT2D eigenvalue weighted by atomic mass is 10.1. The Kier molecular flexibility index (Phi) is 5.50. The SMILES string of the molecule is CC(CO)CNC(=O)CCc1cccnc1. The zero-order valence-electron chi connectivity index (χ0n) is 9.52. The van der Waals surface area contributed by atoms with Crippen LogP contribution in [0.5, 0.6) is 0 Å². The largest absolute Gasteiger partial charge is 0.396 e. The molecule has 2 N–H and O–H groups in total. The van der Waals surface area contributed by atoms with Gasteiger partial charge in [-0.25, -0.2) is 0 Å². The summed E-state index contributed by atoms with van der Waals surface area (Å²) >= 11 is 0. The molecule has 0 radical (unpaired) electrons. The second-order valence-corrected chi connectivity index (χ2v) is 3.95. The molecule has 0 aromatic carbocycles. The number of nitrogens with one attached hydrogen (secondary N) is 1. The molecule has 1 aromatic rings. The first-order chi connectivity index (χ1) is 7.72. The van der Waals surface area contributed by atoms with Crippen LogP contribution < -0.4 is 5.32 Å². The molecule has 1 aromatic heterocycles. The molecule has 16 heavy (non-hydrogen) atoms. The summed E-state index contributed by atoms with van der Waals surface area (Å²) in [5, 5.41) is 11.6. The minimum absolute atomic E-state index is 0.0177. The molecule has 0 aliphatic carbocycles. The molecule has 1 atom stereocenters. The van der Waals surface area contributed by atoms with E-state index < -0.39 is 0 Å². The van der Waals surface area contributed by atoms with Crippen molar-refractivity contribution in [2.24, 2.45) is 5.92 Å². The van der Waals surface area contributed by atoms with Crippen LogP contribution in [0.25, 0.3) is 0 Å². The summed E-state index contributed by atoms with van der Waals surface area (Å²) in [6, 6.07) is 3.82. The van der Waals surface area contributed by atoms with Gasteiger partial charge in [0.2, 0.25) is 5.91 Å². The standard InChI is InChI=1S/C12H18N2O2/c1-10(9-15)7-14-12(16)5-4-11-3-2-6-13-8-11/h2-3,6,8,10,15H,4-5,7,9H2,1H3,(H,14,16). The fraction of sp³-hybridized carbons (Fsp3) is 0.500. The highest BCUT2D eigenvalue weighted by Crippen LogP contribution is 2.00. The molecule has 1 rings (SSSR count). The van der Waals surface area contributed by atoms with E-state index in [2.05, 4.69) is 10.3 Å². The minimum Gasteiger partial charge on any atom is -0.396 e. The van der Waals surface area contributed by atoms with Crippen LogP contribution in [0.3, 0.4) is 0 Å². The zero-order chi connectivity index (χ0) is 11.8. The third-order valence-corrected chi connectivity index (χ3v) is 2.32. The Hall–Kier alpha value is -1.42. The summed E-state index contributed by atoms with van der Waals surface area (Å²) in [6.45, 7) is 2.52. The maximum Gasteiger partial charge on any atom is 0.220 e. The summed E-state index contributed by atoms with van der Waals surface area (Å²) in [5.41, 5.74) is 1.06. The molecule has 88 valence electrons. The van der Waals surface area contributed by atoms with Crippen molar-refractivity contribution in [2.45, 2.75) is 19.8 Å². The Morgan fingerprint density at radius 2 is 2.44 bits per heavy atom. The van der Waals surface area contributed by atoms with Crippen molar-refractivity contribution < 1.29 is 9.90 Å². The van der Waals surface area contributed by atoms with Gasteiger partial charge in [0.25, 0.3) is 0 Å². The van der Waals surface area contributed by atoms with E-state index in [1.165, 1.54) is 0 Å². The van der Waals surface area contributed by atoms with Crippen LogP contribution in [-0.4, -0.2) is 29.1 Å². The molecule has 0 aliphatic rings. The number of aliphatic hydroxyl groups excluding tert-OH is 1. The molecular formula is C12H18N2O2. The average Bonchev–Trinajstić information content (AvgIpc) is 2.34. The lowest BCUT2D eigenvalue weighted by molar-refractivity contribution is -0.121. The first-order valence-corrected chi connectivity index (χ1v) is 5.49. The fourth-order valence-corrected chi connectivity index (χ4v) is 1.24. The van der Waals surface area contributed by atoms with Gasteiger partial charge in [0.15, 0.2) is 0 Å². The van der Waals surface area contributed by atoms with Crippen molar-refractivity contribution in [2.75, 3.05) is 13.2 Å². The smallest absolute Gasteiger partial charge is 0.220 e. The monoisotopic (exact) mass is 222 g/mol. The quantitative estimate of drug-likeness (QED) is 0.747. The van der Waals surface area contributed by atoms with E-state index >= 15 is 0 Å². The highest BCUT2D eigenvalue weighted by molar-refractivity contribution is 5.76. The lowest BCUT2D eigenvalue weighted by Crippen LogP contribution is -2.29. The van der Waals surface area contributed by atoms with E-state index in [-0.39, 0.29) is 18.4 Å². The van der Waals surface area contributed by atoms with Gasteiger partial charge in [-0.2, -0.15) is 0 Å². The van der Waals surface area contributed by atoms with E-state index in [4.69, 9.17) is 5.11 Å². The first-order valence-electron chi connectivity index (χ1n) is 5.49. The maximum absolute atomic E-state index is 11.4. The van der Waals surface area contributed by atoms with Crippen LogP contribution in [0.1, 0.15) is 18.9 Å². The topological polar surface area (TPSA) is 62.2 Å². The third-order valence-electron chi connectivity index (χ3n) is 2.32. The number of aliphatic hydroxyl groups is 1. The Bertz CT molecular complexity index is 314. The molecule has 0 bridgehead atoms.